The van der Waals surface area contributed by atoms with Gasteiger partial charge in [-0.1, -0.05) is 19.9 Å². The first-order valence-corrected chi connectivity index (χ1v) is 7.88. The van der Waals surface area contributed by atoms with E-state index < -0.39 is 5.82 Å². The van der Waals surface area contributed by atoms with Crippen LogP contribution in [0.4, 0.5) is 4.39 Å². The lowest BCUT2D eigenvalue weighted by Crippen LogP contribution is -2.24. The van der Waals surface area contributed by atoms with Crippen LogP contribution in [0.2, 0.25) is 0 Å². The van der Waals surface area contributed by atoms with Gasteiger partial charge in [0.1, 0.15) is 5.82 Å². The lowest BCUT2D eigenvalue weighted by Gasteiger charge is -2.07. The highest BCUT2D eigenvalue weighted by Crippen LogP contribution is 2.24. The molecule has 6 heteroatoms. The zero-order valence-electron chi connectivity index (χ0n) is 14.0. The highest BCUT2D eigenvalue weighted by Gasteiger charge is 2.15. The second-order valence-electron chi connectivity index (χ2n) is 6.36. The highest BCUT2D eigenvalue weighted by atomic mass is 19.1. The van der Waals surface area contributed by atoms with E-state index in [-0.39, 0.29) is 12.3 Å². The number of imidazole rings is 1. The molecule has 3 aromatic rings. The maximum absolute atomic E-state index is 14.3. The van der Waals surface area contributed by atoms with Gasteiger partial charge < -0.3 is 5.11 Å². The predicted molar refractivity (Wildman–Crippen MR) is 91.1 cm³/mol. The van der Waals surface area contributed by atoms with Crippen LogP contribution in [0.1, 0.15) is 19.4 Å². The number of nitrogens with zero attached hydrogens (tertiary/aromatic N) is 3. The molecule has 24 heavy (non-hydrogen) atoms. The molecule has 0 saturated carbocycles. The number of hydrogen-bond acceptors (Lipinski definition) is 3. The molecule has 2 aromatic heterocycles. The summed E-state index contributed by atoms with van der Waals surface area (Å²) in [5.74, 6) is -0.114. The van der Waals surface area contributed by atoms with Gasteiger partial charge in [-0.2, -0.15) is 0 Å². The Morgan fingerprint density at radius 1 is 1.25 bits per heavy atom. The van der Waals surface area contributed by atoms with Gasteiger partial charge in [-0.3, -0.25) is 9.13 Å². The lowest BCUT2D eigenvalue weighted by atomic mass is 10.1. The van der Waals surface area contributed by atoms with Gasteiger partial charge in [-0.15, -0.1) is 0 Å². The Kier molecular flexibility index (Phi) is 4.24. The maximum Gasteiger partial charge on any atom is 0.330 e. The minimum atomic E-state index is -0.444. The molecule has 0 aliphatic carbocycles. The van der Waals surface area contributed by atoms with Crippen LogP contribution in [-0.4, -0.2) is 19.2 Å². The third kappa shape index (κ3) is 2.73. The molecule has 3 rings (SSSR count). The van der Waals surface area contributed by atoms with E-state index in [4.69, 9.17) is 5.11 Å². The summed E-state index contributed by atoms with van der Waals surface area (Å²) in [6.45, 7) is 4.49. The van der Waals surface area contributed by atoms with Crippen LogP contribution in [0, 0.1) is 11.7 Å². The van der Waals surface area contributed by atoms with Crippen molar-refractivity contribution in [2.75, 3.05) is 0 Å². The fourth-order valence-electron chi connectivity index (χ4n) is 2.83. The number of aryl methyl sites for hydroxylation is 1. The van der Waals surface area contributed by atoms with Crippen molar-refractivity contribution in [1.29, 1.82) is 0 Å². The van der Waals surface area contributed by atoms with E-state index in [2.05, 4.69) is 4.98 Å². The van der Waals surface area contributed by atoms with Gasteiger partial charge in [0.2, 0.25) is 0 Å². The molecule has 0 bridgehead atoms. The smallest absolute Gasteiger partial charge is 0.330 e. The van der Waals surface area contributed by atoms with Crippen LogP contribution in [-0.2, 0) is 20.2 Å². The summed E-state index contributed by atoms with van der Waals surface area (Å²) in [4.78, 5) is 16.9. The van der Waals surface area contributed by atoms with Crippen LogP contribution in [0.25, 0.3) is 22.4 Å². The standard InChI is InChI=1S/C18H20FN3O2/c1-11(2)9-22-16-7-6-15(20-17(16)21(3)18(22)24)13-5-4-12(10-23)8-14(13)19/h4-8,11,23H,9-10H2,1-3H3. The predicted octanol–water partition coefficient (Wildman–Crippen LogP) is 2.69. The number of pyridine rings is 1. The van der Waals surface area contributed by atoms with Crippen LogP contribution in [0.15, 0.2) is 35.1 Å². The fraction of sp³-hybridized carbons (Fsp3) is 0.333. The van der Waals surface area contributed by atoms with Crippen molar-refractivity contribution in [2.45, 2.75) is 27.0 Å². The summed E-state index contributed by atoms with van der Waals surface area (Å²) in [6.07, 6.45) is 0. The van der Waals surface area contributed by atoms with Gasteiger partial charge in [0.25, 0.3) is 0 Å². The molecule has 2 heterocycles. The second kappa shape index (κ2) is 6.20. The normalized spacial score (nSPS) is 11.6. The molecule has 5 nitrogen and oxygen atoms in total. The number of aliphatic hydroxyl groups excluding tert-OH is 1. The molecule has 0 fully saturated rings. The lowest BCUT2D eigenvalue weighted by molar-refractivity contribution is 0.281. The Bertz CT molecular complexity index is 957. The van der Waals surface area contributed by atoms with E-state index in [0.29, 0.717) is 34.9 Å². The van der Waals surface area contributed by atoms with E-state index in [1.807, 2.05) is 13.8 Å². The third-order valence-corrected chi connectivity index (χ3v) is 4.02. The molecule has 0 aliphatic rings. The Labute approximate surface area is 139 Å². The Morgan fingerprint density at radius 3 is 2.62 bits per heavy atom. The topological polar surface area (TPSA) is 60.0 Å². The van der Waals surface area contributed by atoms with Crippen LogP contribution < -0.4 is 5.69 Å². The quantitative estimate of drug-likeness (QED) is 0.800. The second-order valence-corrected chi connectivity index (χ2v) is 6.36. The molecule has 0 radical (unpaired) electrons. The highest BCUT2D eigenvalue weighted by molar-refractivity contribution is 5.76. The van der Waals surface area contributed by atoms with E-state index in [1.54, 1.807) is 35.9 Å². The first-order chi connectivity index (χ1) is 11.4. The van der Waals surface area contributed by atoms with Crippen molar-refractivity contribution < 1.29 is 9.50 Å². The summed E-state index contributed by atoms with van der Waals surface area (Å²) >= 11 is 0. The molecule has 0 unspecified atom stereocenters. The van der Waals surface area contributed by atoms with Crippen molar-refractivity contribution in [3.8, 4) is 11.3 Å². The molecule has 0 amide bonds. The van der Waals surface area contributed by atoms with E-state index in [9.17, 15) is 9.18 Å². The molecule has 0 spiro atoms. The van der Waals surface area contributed by atoms with Crippen molar-refractivity contribution in [1.82, 2.24) is 14.1 Å². The molecule has 1 aromatic carbocycles. The monoisotopic (exact) mass is 329 g/mol. The van der Waals surface area contributed by atoms with E-state index in [0.717, 1.165) is 5.52 Å². The minimum Gasteiger partial charge on any atom is -0.392 e. The number of halogens is 1. The summed E-state index contributed by atoms with van der Waals surface area (Å²) in [5, 5.41) is 9.08. The van der Waals surface area contributed by atoms with Crippen LogP contribution >= 0.6 is 0 Å². The molecule has 1 N–H and O–H groups in total. The molecule has 0 aliphatic heterocycles. The van der Waals surface area contributed by atoms with Crippen LogP contribution in [0.3, 0.4) is 0 Å². The number of aromatic nitrogens is 3. The number of rotatable bonds is 4. The Hall–Kier alpha value is -2.47. The van der Waals surface area contributed by atoms with Gasteiger partial charge in [-0.25, -0.2) is 14.2 Å². The molecule has 126 valence electrons. The summed E-state index contributed by atoms with van der Waals surface area (Å²) in [6, 6.07) is 8.08. The van der Waals surface area contributed by atoms with Gasteiger partial charge >= 0.3 is 5.69 Å². The van der Waals surface area contributed by atoms with Crippen molar-refractivity contribution in [2.24, 2.45) is 13.0 Å². The zero-order valence-corrected chi connectivity index (χ0v) is 14.0. The average molecular weight is 329 g/mol. The molecular weight excluding hydrogens is 309 g/mol. The number of benzene rings is 1. The largest absolute Gasteiger partial charge is 0.392 e. The van der Waals surface area contributed by atoms with Crippen molar-refractivity contribution in [3.05, 3.63) is 52.2 Å². The van der Waals surface area contributed by atoms with Gasteiger partial charge in [-0.05, 0) is 35.7 Å². The van der Waals surface area contributed by atoms with E-state index in [1.165, 1.54) is 10.6 Å². The summed E-state index contributed by atoms with van der Waals surface area (Å²) in [7, 11) is 1.67. The number of aliphatic hydroxyl groups is 1. The zero-order chi connectivity index (χ0) is 17.4. The van der Waals surface area contributed by atoms with Gasteiger partial charge in [0, 0.05) is 19.2 Å². The molecule has 0 saturated heterocycles. The van der Waals surface area contributed by atoms with Crippen molar-refractivity contribution >= 4 is 11.2 Å². The molecular formula is C18H20FN3O2. The third-order valence-electron chi connectivity index (χ3n) is 4.02. The SMILES string of the molecule is CC(C)Cn1c(=O)n(C)c2nc(-c3ccc(CO)cc3F)ccc21. The first-order valence-electron chi connectivity index (χ1n) is 7.88. The van der Waals surface area contributed by atoms with Crippen LogP contribution in [0.5, 0.6) is 0 Å². The number of fused-ring (bicyclic) bond motifs is 1. The summed E-state index contributed by atoms with van der Waals surface area (Å²) < 4.78 is 17.4. The van der Waals surface area contributed by atoms with Crippen molar-refractivity contribution in [3.63, 3.8) is 0 Å². The maximum atomic E-state index is 14.3. The summed E-state index contributed by atoms with van der Waals surface area (Å²) in [5.41, 5.74) is 2.46. The first kappa shape index (κ1) is 16.4. The Morgan fingerprint density at radius 2 is 2.00 bits per heavy atom. The molecule has 0 atom stereocenters. The van der Waals surface area contributed by atoms with Gasteiger partial charge in [0.05, 0.1) is 17.8 Å². The minimum absolute atomic E-state index is 0.126. The Balaban J connectivity index is 2.16. The van der Waals surface area contributed by atoms with Gasteiger partial charge in [0.15, 0.2) is 5.65 Å². The van der Waals surface area contributed by atoms with E-state index >= 15 is 0 Å². The average Bonchev–Trinajstić information content (AvgIpc) is 2.79. The fourth-order valence-corrected chi connectivity index (χ4v) is 2.83. The number of hydrogen-bond donors (Lipinski definition) is 1.